The zero-order chi connectivity index (χ0) is 22.5. The fourth-order valence-corrected chi connectivity index (χ4v) is 4.99. The lowest BCUT2D eigenvalue weighted by Gasteiger charge is -2.08. The lowest BCUT2D eigenvalue weighted by Crippen LogP contribution is -2.26. The van der Waals surface area contributed by atoms with E-state index in [-0.39, 0.29) is 0 Å². The molecule has 0 aliphatic rings. The molecular weight excluding hydrogens is 404 g/mol. The maximum Gasteiger partial charge on any atom is 0.170 e. The van der Waals surface area contributed by atoms with Crippen LogP contribution in [0.1, 0.15) is 6.92 Å². The first-order valence-electron chi connectivity index (χ1n) is 11.2. The van der Waals surface area contributed by atoms with Gasteiger partial charge in [0.2, 0.25) is 0 Å². The molecule has 0 atom stereocenters. The van der Waals surface area contributed by atoms with Crippen molar-refractivity contribution in [2.75, 3.05) is 7.05 Å². The molecule has 3 heterocycles. The van der Waals surface area contributed by atoms with Crippen molar-refractivity contribution in [1.82, 2.24) is 9.13 Å². The number of aryl methyl sites for hydroxylation is 1. The first-order chi connectivity index (χ1) is 16.2. The Morgan fingerprint density at radius 2 is 1.36 bits per heavy atom. The SMILES string of the molecule is C/N=C/C=C(\C)n1c2ccccc2c2cc3c(cc21)c1ccccc1n3-c1cc[n+](C)cc1. The van der Waals surface area contributed by atoms with Gasteiger partial charge in [0.05, 0.1) is 27.8 Å². The molecule has 0 aliphatic carbocycles. The second kappa shape index (κ2) is 7.45. The number of rotatable bonds is 3. The largest absolute Gasteiger partial charge is 0.313 e. The number of aliphatic imine (C=N–C) groups is 1. The zero-order valence-corrected chi connectivity index (χ0v) is 19.0. The zero-order valence-electron chi connectivity index (χ0n) is 19.0. The molecular formula is C29H25N4+. The van der Waals surface area contributed by atoms with E-state index >= 15 is 0 Å². The molecule has 0 fully saturated rings. The molecule has 0 N–H and O–H groups in total. The minimum Gasteiger partial charge on any atom is -0.313 e. The van der Waals surface area contributed by atoms with E-state index in [0.29, 0.717) is 0 Å². The molecule has 3 aromatic carbocycles. The van der Waals surface area contributed by atoms with E-state index in [1.54, 1.807) is 7.05 Å². The molecule has 0 amide bonds. The van der Waals surface area contributed by atoms with Crippen molar-refractivity contribution in [2.24, 2.45) is 12.0 Å². The van der Waals surface area contributed by atoms with Gasteiger partial charge in [-0.3, -0.25) is 4.99 Å². The summed E-state index contributed by atoms with van der Waals surface area (Å²) in [4.78, 5) is 4.16. The van der Waals surface area contributed by atoms with Crippen LogP contribution in [0.25, 0.3) is 55.0 Å². The second-order valence-corrected chi connectivity index (χ2v) is 8.53. The lowest BCUT2D eigenvalue weighted by molar-refractivity contribution is -0.671. The number of fused-ring (bicyclic) bond motifs is 6. The van der Waals surface area contributed by atoms with Gasteiger partial charge in [-0.25, -0.2) is 4.57 Å². The number of benzene rings is 3. The van der Waals surface area contributed by atoms with Gasteiger partial charge in [-0.15, -0.1) is 0 Å². The molecule has 33 heavy (non-hydrogen) atoms. The van der Waals surface area contributed by atoms with E-state index in [2.05, 4.69) is 117 Å². The number of aromatic nitrogens is 3. The van der Waals surface area contributed by atoms with Crippen LogP contribution in [-0.4, -0.2) is 22.4 Å². The number of hydrogen-bond donors (Lipinski definition) is 0. The normalized spacial score (nSPS) is 12.8. The molecule has 0 radical (unpaired) electrons. The molecule has 0 saturated heterocycles. The summed E-state index contributed by atoms with van der Waals surface area (Å²) in [6, 6.07) is 26.4. The topological polar surface area (TPSA) is 26.1 Å². The molecule has 160 valence electrons. The van der Waals surface area contributed by atoms with Gasteiger partial charge in [0.1, 0.15) is 7.05 Å². The molecule has 0 bridgehead atoms. The maximum atomic E-state index is 4.16. The smallest absolute Gasteiger partial charge is 0.170 e. The summed E-state index contributed by atoms with van der Waals surface area (Å²) < 4.78 is 6.79. The molecule has 6 rings (SSSR count). The van der Waals surface area contributed by atoms with Crippen molar-refractivity contribution in [1.29, 1.82) is 0 Å². The predicted molar refractivity (Wildman–Crippen MR) is 139 cm³/mol. The van der Waals surface area contributed by atoms with Crippen LogP contribution in [0.5, 0.6) is 0 Å². The van der Waals surface area contributed by atoms with Crippen LogP contribution >= 0.6 is 0 Å². The Morgan fingerprint density at radius 3 is 2.09 bits per heavy atom. The first kappa shape index (κ1) is 19.5. The van der Waals surface area contributed by atoms with Gasteiger partial charge in [0.25, 0.3) is 0 Å². The number of hydrogen-bond acceptors (Lipinski definition) is 1. The average molecular weight is 430 g/mol. The van der Waals surface area contributed by atoms with Gasteiger partial charge in [-0.1, -0.05) is 36.4 Å². The molecule has 6 aromatic rings. The lowest BCUT2D eigenvalue weighted by atomic mass is 10.1. The van der Waals surface area contributed by atoms with Crippen LogP contribution in [0.4, 0.5) is 0 Å². The quantitative estimate of drug-likeness (QED) is 0.234. The van der Waals surface area contributed by atoms with Crippen molar-refractivity contribution in [3.8, 4) is 5.69 Å². The standard InChI is InChI=1S/C29H25N4/c1-20(12-15-30-2)32-26-10-6-4-8-22(26)24-19-29-25(18-28(24)32)23-9-5-7-11-27(23)33(29)21-13-16-31(3)17-14-21/h4-19H,1-3H3/q+1/b20-12+,30-15+. The summed E-state index contributed by atoms with van der Waals surface area (Å²) in [7, 11) is 3.85. The third-order valence-corrected chi connectivity index (χ3v) is 6.50. The van der Waals surface area contributed by atoms with Gasteiger partial charge in [0, 0.05) is 52.6 Å². The van der Waals surface area contributed by atoms with E-state index in [9.17, 15) is 0 Å². The predicted octanol–water partition coefficient (Wildman–Crippen LogP) is 6.28. The summed E-state index contributed by atoms with van der Waals surface area (Å²) in [5.74, 6) is 0. The van der Waals surface area contributed by atoms with E-state index in [0.717, 1.165) is 11.4 Å². The highest BCUT2D eigenvalue weighted by Crippen LogP contribution is 2.39. The average Bonchev–Trinajstić information content (AvgIpc) is 3.34. The number of allylic oxidation sites excluding steroid dienone is 2. The highest BCUT2D eigenvalue weighted by atomic mass is 15.0. The Bertz CT molecular complexity index is 1730. The minimum absolute atomic E-state index is 1.14. The Balaban J connectivity index is 1.80. The molecule has 0 aliphatic heterocycles. The van der Waals surface area contributed by atoms with Crippen LogP contribution in [0.3, 0.4) is 0 Å². The van der Waals surface area contributed by atoms with Gasteiger partial charge in [0.15, 0.2) is 12.4 Å². The van der Waals surface area contributed by atoms with Crippen LogP contribution in [0.2, 0.25) is 0 Å². The third-order valence-electron chi connectivity index (χ3n) is 6.50. The van der Waals surface area contributed by atoms with E-state index in [4.69, 9.17) is 0 Å². The second-order valence-electron chi connectivity index (χ2n) is 8.53. The minimum atomic E-state index is 1.14. The molecule has 4 heteroatoms. The summed E-state index contributed by atoms with van der Waals surface area (Å²) in [6.07, 6.45) is 8.13. The molecule has 0 spiro atoms. The fraction of sp³-hybridized carbons (Fsp3) is 0.103. The van der Waals surface area contributed by atoms with Crippen LogP contribution in [0, 0.1) is 0 Å². The van der Waals surface area contributed by atoms with Gasteiger partial charge < -0.3 is 9.13 Å². The summed E-state index contributed by atoms with van der Waals surface area (Å²) in [5.41, 5.74) is 7.17. The first-order valence-corrected chi connectivity index (χ1v) is 11.2. The Morgan fingerprint density at radius 1 is 0.758 bits per heavy atom. The van der Waals surface area contributed by atoms with Gasteiger partial charge >= 0.3 is 0 Å². The molecule has 0 saturated carbocycles. The van der Waals surface area contributed by atoms with Crippen molar-refractivity contribution >= 4 is 55.5 Å². The van der Waals surface area contributed by atoms with Gasteiger partial charge in [-0.2, -0.15) is 0 Å². The number of para-hydroxylation sites is 2. The fourth-order valence-electron chi connectivity index (χ4n) is 4.99. The third kappa shape index (κ3) is 2.91. The summed E-state index contributed by atoms with van der Waals surface area (Å²) in [6.45, 7) is 2.14. The van der Waals surface area contributed by atoms with E-state index in [1.807, 2.05) is 13.3 Å². The van der Waals surface area contributed by atoms with E-state index < -0.39 is 0 Å². The van der Waals surface area contributed by atoms with Crippen molar-refractivity contribution in [3.05, 3.63) is 91.3 Å². The van der Waals surface area contributed by atoms with E-state index in [1.165, 1.54) is 43.6 Å². The van der Waals surface area contributed by atoms with Gasteiger partial charge in [-0.05, 0) is 37.3 Å². The summed E-state index contributed by atoms with van der Waals surface area (Å²) in [5, 5.41) is 5.03. The number of nitrogens with zero attached hydrogens (tertiary/aromatic N) is 4. The highest BCUT2D eigenvalue weighted by Gasteiger charge is 2.18. The molecule has 0 unspecified atom stereocenters. The summed E-state index contributed by atoms with van der Waals surface area (Å²) >= 11 is 0. The Hall–Kier alpha value is -4.18. The number of pyridine rings is 1. The molecule has 4 nitrogen and oxygen atoms in total. The highest BCUT2D eigenvalue weighted by molar-refractivity contribution is 6.19. The monoisotopic (exact) mass is 429 g/mol. The van der Waals surface area contributed by atoms with Crippen molar-refractivity contribution < 1.29 is 4.57 Å². The van der Waals surface area contributed by atoms with Crippen LogP contribution < -0.4 is 4.57 Å². The van der Waals surface area contributed by atoms with Crippen molar-refractivity contribution in [2.45, 2.75) is 6.92 Å². The Labute approximate surface area is 192 Å². The Kier molecular flexibility index (Phi) is 4.40. The van der Waals surface area contributed by atoms with Crippen LogP contribution in [0.15, 0.2) is 96.3 Å². The maximum absolute atomic E-state index is 4.16. The van der Waals surface area contributed by atoms with Crippen molar-refractivity contribution in [3.63, 3.8) is 0 Å². The van der Waals surface area contributed by atoms with Crippen LogP contribution in [-0.2, 0) is 7.05 Å². The molecule has 3 aromatic heterocycles.